The Kier molecular flexibility index (Phi) is 5.08. The molecule has 3 aromatic rings. The summed E-state index contributed by atoms with van der Waals surface area (Å²) in [6.45, 7) is 2.36. The summed E-state index contributed by atoms with van der Waals surface area (Å²) >= 11 is 1.40. The van der Waals surface area contributed by atoms with Gasteiger partial charge in [0.15, 0.2) is 0 Å². The number of carbonyl (C=O) groups is 1. The highest BCUT2D eigenvalue weighted by Crippen LogP contribution is 2.24. The van der Waals surface area contributed by atoms with E-state index in [1.54, 1.807) is 29.7 Å². The van der Waals surface area contributed by atoms with Crippen LogP contribution in [0.2, 0.25) is 0 Å². The van der Waals surface area contributed by atoms with Gasteiger partial charge in [0.1, 0.15) is 17.0 Å². The molecule has 0 fully saturated rings. The van der Waals surface area contributed by atoms with Crippen LogP contribution in [-0.4, -0.2) is 33.5 Å². The number of aliphatic hydroxyl groups excluding tert-OH is 1. The SMILES string of the molecule is C[C@@H](O)CN(Cc1ccccc1)C(=O)c1csc(-c2ccoc2)n1. The lowest BCUT2D eigenvalue weighted by molar-refractivity contribution is 0.0626. The van der Waals surface area contributed by atoms with E-state index in [-0.39, 0.29) is 12.5 Å². The van der Waals surface area contributed by atoms with Crippen LogP contribution in [0.25, 0.3) is 10.6 Å². The Morgan fingerprint density at radius 3 is 2.79 bits per heavy atom. The quantitative estimate of drug-likeness (QED) is 0.745. The number of benzene rings is 1. The molecule has 1 atom stereocenters. The molecular weight excluding hydrogens is 324 g/mol. The summed E-state index contributed by atoms with van der Waals surface area (Å²) in [4.78, 5) is 18.8. The molecule has 2 aromatic heterocycles. The lowest BCUT2D eigenvalue weighted by atomic mass is 10.2. The fraction of sp³-hybridized carbons (Fsp3) is 0.222. The molecule has 124 valence electrons. The first-order valence-electron chi connectivity index (χ1n) is 7.63. The highest BCUT2D eigenvalue weighted by Gasteiger charge is 2.21. The fourth-order valence-corrected chi connectivity index (χ4v) is 3.17. The molecular formula is C18H18N2O3S. The third-order valence-corrected chi connectivity index (χ3v) is 4.37. The number of amides is 1. The number of aromatic nitrogens is 1. The van der Waals surface area contributed by atoms with Crippen molar-refractivity contribution >= 4 is 17.2 Å². The lowest BCUT2D eigenvalue weighted by Gasteiger charge is -2.23. The van der Waals surface area contributed by atoms with E-state index in [0.717, 1.165) is 16.1 Å². The van der Waals surface area contributed by atoms with Gasteiger partial charge in [-0.3, -0.25) is 4.79 Å². The van der Waals surface area contributed by atoms with Crippen LogP contribution in [-0.2, 0) is 6.54 Å². The number of furan rings is 1. The van der Waals surface area contributed by atoms with Gasteiger partial charge in [0.25, 0.3) is 5.91 Å². The second kappa shape index (κ2) is 7.42. The van der Waals surface area contributed by atoms with Gasteiger partial charge in [-0.2, -0.15) is 0 Å². The van der Waals surface area contributed by atoms with Crippen LogP contribution in [0.3, 0.4) is 0 Å². The van der Waals surface area contributed by atoms with Gasteiger partial charge in [0.05, 0.1) is 12.4 Å². The number of hydrogen-bond donors (Lipinski definition) is 1. The maximum Gasteiger partial charge on any atom is 0.273 e. The number of thiazole rings is 1. The number of carbonyl (C=O) groups excluding carboxylic acids is 1. The molecule has 0 aliphatic heterocycles. The molecule has 0 saturated carbocycles. The molecule has 0 saturated heterocycles. The lowest BCUT2D eigenvalue weighted by Crippen LogP contribution is -2.36. The Morgan fingerprint density at radius 2 is 2.12 bits per heavy atom. The molecule has 1 N–H and O–H groups in total. The topological polar surface area (TPSA) is 66.6 Å². The highest BCUT2D eigenvalue weighted by molar-refractivity contribution is 7.13. The van der Waals surface area contributed by atoms with Gasteiger partial charge in [0.2, 0.25) is 0 Å². The molecule has 24 heavy (non-hydrogen) atoms. The van der Waals surface area contributed by atoms with Crippen molar-refractivity contribution in [1.29, 1.82) is 0 Å². The second-order valence-electron chi connectivity index (χ2n) is 5.57. The van der Waals surface area contributed by atoms with E-state index in [2.05, 4.69) is 4.98 Å². The number of nitrogens with zero attached hydrogens (tertiary/aromatic N) is 2. The predicted molar refractivity (Wildman–Crippen MR) is 92.7 cm³/mol. The van der Waals surface area contributed by atoms with Gasteiger partial charge >= 0.3 is 0 Å². The average molecular weight is 342 g/mol. The van der Waals surface area contributed by atoms with E-state index in [1.807, 2.05) is 36.4 Å². The zero-order chi connectivity index (χ0) is 16.9. The molecule has 0 aliphatic carbocycles. The van der Waals surface area contributed by atoms with Gasteiger partial charge in [-0.15, -0.1) is 11.3 Å². The third kappa shape index (κ3) is 3.90. The maximum absolute atomic E-state index is 12.8. The van der Waals surface area contributed by atoms with Crippen LogP contribution < -0.4 is 0 Å². The number of aliphatic hydroxyl groups is 1. The summed E-state index contributed by atoms with van der Waals surface area (Å²) in [6.07, 6.45) is 2.57. The van der Waals surface area contributed by atoms with Gasteiger partial charge in [-0.1, -0.05) is 30.3 Å². The maximum atomic E-state index is 12.8. The summed E-state index contributed by atoms with van der Waals surface area (Å²) in [5.74, 6) is -0.189. The molecule has 0 spiro atoms. The van der Waals surface area contributed by atoms with E-state index < -0.39 is 6.10 Å². The number of rotatable bonds is 6. The van der Waals surface area contributed by atoms with Crippen LogP contribution in [0, 0.1) is 0 Å². The number of hydrogen-bond acceptors (Lipinski definition) is 5. The molecule has 0 unspecified atom stereocenters. The van der Waals surface area contributed by atoms with Gasteiger partial charge in [0, 0.05) is 24.0 Å². The summed E-state index contributed by atoms with van der Waals surface area (Å²) in [5, 5.41) is 12.2. The van der Waals surface area contributed by atoms with E-state index in [4.69, 9.17) is 4.42 Å². The Hall–Kier alpha value is -2.44. The van der Waals surface area contributed by atoms with Crippen molar-refractivity contribution < 1.29 is 14.3 Å². The Balaban J connectivity index is 1.80. The van der Waals surface area contributed by atoms with Crippen LogP contribution in [0.4, 0.5) is 0 Å². The van der Waals surface area contributed by atoms with Crippen molar-refractivity contribution in [2.45, 2.75) is 19.6 Å². The van der Waals surface area contributed by atoms with Crippen molar-refractivity contribution in [3.63, 3.8) is 0 Å². The first-order chi connectivity index (χ1) is 11.6. The minimum atomic E-state index is -0.607. The molecule has 0 aliphatic rings. The molecule has 0 bridgehead atoms. The monoisotopic (exact) mass is 342 g/mol. The van der Waals surface area contributed by atoms with Crippen molar-refractivity contribution in [2.24, 2.45) is 0 Å². The molecule has 3 rings (SSSR count). The minimum absolute atomic E-state index is 0.189. The van der Waals surface area contributed by atoms with Gasteiger partial charge < -0.3 is 14.4 Å². The van der Waals surface area contributed by atoms with Crippen LogP contribution in [0.5, 0.6) is 0 Å². The zero-order valence-electron chi connectivity index (χ0n) is 13.3. The molecule has 0 radical (unpaired) electrons. The summed E-state index contributed by atoms with van der Waals surface area (Å²) in [5.41, 5.74) is 2.24. The van der Waals surface area contributed by atoms with Gasteiger partial charge in [-0.05, 0) is 18.6 Å². The first-order valence-corrected chi connectivity index (χ1v) is 8.51. The average Bonchev–Trinajstić information content (AvgIpc) is 3.25. The minimum Gasteiger partial charge on any atom is -0.472 e. The highest BCUT2D eigenvalue weighted by atomic mass is 32.1. The summed E-state index contributed by atoms with van der Waals surface area (Å²) in [7, 11) is 0. The van der Waals surface area contributed by atoms with Crippen LogP contribution in [0.15, 0.2) is 58.7 Å². The van der Waals surface area contributed by atoms with Crippen molar-refractivity contribution in [3.8, 4) is 10.6 Å². The van der Waals surface area contributed by atoms with Crippen molar-refractivity contribution in [1.82, 2.24) is 9.88 Å². The van der Waals surface area contributed by atoms with E-state index in [0.29, 0.717) is 12.2 Å². The molecule has 6 heteroatoms. The van der Waals surface area contributed by atoms with Crippen molar-refractivity contribution in [2.75, 3.05) is 6.54 Å². The predicted octanol–water partition coefficient (Wildman–Crippen LogP) is 3.43. The first kappa shape index (κ1) is 16.4. The third-order valence-electron chi connectivity index (χ3n) is 3.48. The Bertz CT molecular complexity index is 782. The molecule has 1 aromatic carbocycles. The van der Waals surface area contributed by atoms with Crippen LogP contribution in [0.1, 0.15) is 23.0 Å². The molecule has 5 nitrogen and oxygen atoms in total. The van der Waals surface area contributed by atoms with Crippen LogP contribution >= 0.6 is 11.3 Å². The Labute approximate surface area is 144 Å². The normalized spacial score (nSPS) is 12.1. The zero-order valence-corrected chi connectivity index (χ0v) is 14.1. The second-order valence-corrected chi connectivity index (χ2v) is 6.43. The molecule has 1 amide bonds. The summed E-state index contributed by atoms with van der Waals surface area (Å²) in [6, 6.07) is 11.5. The van der Waals surface area contributed by atoms with E-state index in [1.165, 1.54) is 11.3 Å². The standard InChI is InChI=1S/C18H18N2O3S/c1-13(21)9-20(10-14-5-3-2-4-6-14)18(22)16-12-24-17(19-16)15-7-8-23-11-15/h2-8,11-13,21H,9-10H2,1H3/t13-/m1/s1. The fourth-order valence-electron chi connectivity index (χ4n) is 2.39. The van der Waals surface area contributed by atoms with E-state index >= 15 is 0 Å². The largest absolute Gasteiger partial charge is 0.472 e. The smallest absolute Gasteiger partial charge is 0.273 e. The Morgan fingerprint density at radius 1 is 1.33 bits per heavy atom. The molecule has 2 heterocycles. The van der Waals surface area contributed by atoms with Crippen molar-refractivity contribution in [3.05, 3.63) is 65.6 Å². The summed E-state index contributed by atoms with van der Waals surface area (Å²) < 4.78 is 5.06. The van der Waals surface area contributed by atoms with E-state index in [9.17, 15) is 9.90 Å². The van der Waals surface area contributed by atoms with Gasteiger partial charge in [-0.25, -0.2) is 4.98 Å².